The lowest BCUT2D eigenvalue weighted by molar-refractivity contribution is 0.160. The summed E-state index contributed by atoms with van der Waals surface area (Å²) in [6.07, 6.45) is 5.78. The minimum absolute atomic E-state index is 1.01. The molecular formula is C10H21N. The molecular weight excluding hydrogens is 134 g/mol. The monoisotopic (exact) mass is 155 g/mol. The number of rotatable bonds is 5. The van der Waals surface area contributed by atoms with Crippen molar-refractivity contribution in [2.75, 3.05) is 13.1 Å². The van der Waals surface area contributed by atoms with Crippen molar-refractivity contribution in [1.29, 1.82) is 0 Å². The molecule has 1 saturated carbocycles. The molecule has 1 N–H and O–H groups in total. The van der Waals surface area contributed by atoms with Crippen molar-refractivity contribution in [1.82, 2.24) is 5.32 Å². The highest BCUT2D eigenvalue weighted by atomic mass is 14.9. The van der Waals surface area contributed by atoms with E-state index in [2.05, 4.69) is 19.2 Å². The van der Waals surface area contributed by atoms with Gasteiger partial charge in [0.25, 0.3) is 0 Å². The maximum atomic E-state index is 3.44. The molecule has 0 spiro atoms. The Labute approximate surface area is 70.6 Å². The maximum absolute atomic E-state index is 3.44. The molecule has 0 aromatic rings. The van der Waals surface area contributed by atoms with E-state index in [0.29, 0.717) is 0 Å². The van der Waals surface area contributed by atoms with Crippen LogP contribution in [-0.4, -0.2) is 13.1 Å². The van der Waals surface area contributed by atoms with Crippen molar-refractivity contribution < 1.29 is 0 Å². The second kappa shape index (κ2) is 4.76. The predicted octanol–water partition coefficient (Wildman–Crippen LogP) is 2.42. The van der Waals surface area contributed by atoms with Crippen LogP contribution in [0.3, 0.4) is 0 Å². The van der Waals surface area contributed by atoms with Crippen molar-refractivity contribution in [3.63, 3.8) is 0 Å². The van der Waals surface area contributed by atoms with Gasteiger partial charge >= 0.3 is 0 Å². The van der Waals surface area contributed by atoms with Gasteiger partial charge in [-0.1, -0.05) is 26.7 Å². The number of hydrogen-bond acceptors (Lipinski definition) is 1. The maximum Gasteiger partial charge on any atom is -0.00180 e. The first kappa shape index (κ1) is 9.05. The van der Waals surface area contributed by atoms with Gasteiger partial charge in [0.15, 0.2) is 0 Å². The molecule has 1 heteroatoms. The van der Waals surface area contributed by atoms with Gasteiger partial charge in [-0.15, -0.1) is 0 Å². The molecule has 0 aromatic heterocycles. The van der Waals surface area contributed by atoms with Crippen molar-refractivity contribution in [3.8, 4) is 0 Å². The van der Waals surface area contributed by atoms with E-state index in [4.69, 9.17) is 0 Å². The van der Waals surface area contributed by atoms with Gasteiger partial charge in [-0.05, 0) is 37.8 Å². The molecule has 0 bridgehead atoms. The van der Waals surface area contributed by atoms with Crippen LogP contribution in [0.25, 0.3) is 0 Å². The molecule has 0 amide bonds. The molecule has 0 aromatic carbocycles. The largest absolute Gasteiger partial charge is 0.317 e. The normalized spacial score (nSPS) is 30.0. The summed E-state index contributed by atoms with van der Waals surface area (Å²) in [6, 6.07) is 0. The summed E-state index contributed by atoms with van der Waals surface area (Å²) in [4.78, 5) is 0. The summed E-state index contributed by atoms with van der Waals surface area (Å²) in [5.41, 5.74) is 0. The Balaban J connectivity index is 2.05. The third-order valence-corrected chi connectivity index (χ3v) is 2.89. The average Bonchev–Trinajstić information content (AvgIpc) is 1.99. The van der Waals surface area contributed by atoms with Crippen LogP contribution in [0.4, 0.5) is 0 Å². The highest BCUT2D eigenvalue weighted by molar-refractivity contribution is 4.81. The summed E-state index contributed by atoms with van der Waals surface area (Å²) in [7, 11) is 0. The van der Waals surface area contributed by atoms with Crippen LogP contribution in [0, 0.1) is 11.8 Å². The molecule has 1 nitrogen and oxygen atoms in total. The van der Waals surface area contributed by atoms with E-state index in [1.165, 1.54) is 32.2 Å². The molecule has 1 aliphatic carbocycles. The summed E-state index contributed by atoms with van der Waals surface area (Å²) in [5.74, 6) is 2.06. The highest BCUT2D eigenvalue weighted by Gasteiger charge is 2.28. The van der Waals surface area contributed by atoms with Gasteiger partial charge in [0, 0.05) is 0 Å². The third kappa shape index (κ3) is 2.48. The van der Waals surface area contributed by atoms with Crippen LogP contribution in [0.15, 0.2) is 0 Å². The van der Waals surface area contributed by atoms with E-state index in [1.54, 1.807) is 0 Å². The van der Waals surface area contributed by atoms with E-state index < -0.39 is 0 Å². The fraction of sp³-hybridized carbons (Fsp3) is 1.00. The lowest BCUT2D eigenvalue weighted by Crippen LogP contribution is -2.35. The second-order valence-electron chi connectivity index (χ2n) is 3.69. The molecule has 0 saturated heterocycles. The minimum atomic E-state index is 1.01. The zero-order valence-electron chi connectivity index (χ0n) is 7.90. The Morgan fingerprint density at radius 2 is 1.91 bits per heavy atom. The molecule has 1 rings (SSSR count). The van der Waals surface area contributed by atoms with Gasteiger partial charge in [0.1, 0.15) is 0 Å². The number of nitrogens with one attached hydrogen (secondary N) is 1. The van der Waals surface area contributed by atoms with E-state index in [-0.39, 0.29) is 0 Å². The lowest BCUT2D eigenvalue weighted by Gasteiger charge is -2.36. The Bertz CT molecular complexity index is 101. The molecule has 2 atom stereocenters. The molecule has 0 aliphatic heterocycles. The van der Waals surface area contributed by atoms with Crippen molar-refractivity contribution in [3.05, 3.63) is 0 Å². The smallest absolute Gasteiger partial charge is 0.00180 e. The SMILES string of the molecule is CCCC1CCC1CNCC. The minimum Gasteiger partial charge on any atom is -0.317 e. The molecule has 1 fully saturated rings. The zero-order valence-corrected chi connectivity index (χ0v) is 7.90. The van der Waals surface area contributed by atoms with Crippen LogP contribution in [0.2, 0.25) is 0 Å². The highest BCUT2D eigenvalue weighted by Crippen LogP contribution is 2.36. The van der Waals surface area contributed by atoms with Crippen LogP contribution >= 0.6 is 0 Å². The Kier molecular flexibility index (Phi) is 3.92. The summed E-state index contributed by atoms with van der Waals surface area (Å²) in [5, 5.41) is 3.44. The van der Waals surface area contributed by atoms with Gasteiger partial charge in [0.2, 0.25) is 0 Å². The van der Waals surface area contributed by atoms with Crippen molar-refractivity contribution >= 4 is 0 Å². The summed E-state index contributed by atoms with van der Waals surface area (Å²) >= 11 is 0. The zero-order chi connectivity index (χ0) is 8.10. The quantitative estimate of drug-likeness (QED) is 0.643. The summed E-state index contributed by atoms with van der Waals surface area (Å²) < 4.78 is 0. The van der Waals surface area contributed by atoms with Crippen LogP contribution in [-0.2, 0) is 0 Å². The molecule has 0 heterocycles. The van der Waals surface area contributed by atoms with Gasteiger partial charge in [0.05, 0.1) is 0 Å². The molecule has 11 heavy (non-hydrogen) atoms. The Morgan fingerprint density at radius 3 is 2.36 bits per heavy atom. The fourth-order valence-corrected chi connectivity index (χ4v) is 1.99. The Morgan fingerprint density at radius 1 is 1.18 bits per heavy atom. The molecule has 66 valence electrons. The first-order chi connectivity index (χ1) is 5.38. The molecule has 2 unspecified atom stereocenters. The van der Waals surface area contributed by atoms with Crippen LogP contribution in [0.1, 0.15) is 39.5 Å². The van der Waals surface area contributed by atoms with Gasteiger partial charge in [-0.25, -0.2) is 0 Å². The number of hydrogen-bond donors (Lipinski definition) is 1. The third-order valence-electron chi connectivity index (χ3n) is 2.89. The lowest BCUT2D eigenvalue weighted by atomic mass is 9.71. The first-order valence-corrected chi connectivity index (χ1v) is 5.09. The second-order valence-corrected chi connectivity index (χ2v) is 3.69. The van der Waals surface area contributed by atoms with E-state index in [9.17, 15) is 0 Å². The molecule has 1 aliphatic rings. The molecule has 0 radical (unpaired) electrons. The van der Waals surface area contributed by atoms with Gasteiger partial charge in [-0.2, -0.15) is 0 Å². The fourth-order valence-electron chi connectivity index (χ4n) is 1.99. The van der Waals surface area contributed by atoms with E-state index in [1.807, 2.05) is 0 Å². The van der Waals surface area contributed by atoms with E-state index in [0.717, 1.165) is 18.4 Å². The van der Waals surface area contributed by atoms with Crippen molar-refractivity contribution in [2.24, 2.45) is 11.8 Å². The topological polar surface area (TPSA) is 12.0 Å². The van der Waals surface area contributed by atoms with Gasteiger partial charge in [-0.3, -0.25) is 0 Å². The summed E-state index contributed by atoms with van der Waals surface area (Å²) in [6.45, 7) is 6.88. The predicted molar refractivity (Wildman–Crippen MR) is 49.7 cm³/mol. The van der Waals surface area contributed by atoms with Crippen LogP contribution in [0.5, 0.6) is 0 Å². The average molecular weight is 155 g/mol. The standard InChI is InChI=1S/C10H21N/c1-3-5-9-6-7-10(9)8-11-4-2/h9-11H,3-8H2,1-2H3. The van der Waals surface area contributed by atoms with Crippen LogP contribution < -0.4 is 5.32 Å². The van der Waals surface area contributed by atoms with Crippen molar-refractivity contribution in [2.45, 2.75) is 39.5 Å². The van der Waals surface area contributed by atoms with Gasteiger partial charge < -0.3 is 5.32 Å². The Hall–Kier alpha value is -0.0400. The first-order valence-electron chi connectivity index (χ1n) is 5.09. The van der Waals surface area contributed by atoms with E-state index >= 15 is 0 Å².